The van der Waals surface area contributed by atoms with Crippen molar-refractivity contribution >= 4 is 5.69 Å². The molecule has 0 heterocycles. The van der Waals surface area contributed by atoms with Gasteiger partial charge in [0.15, 0.2) is 11.6 Å². The predicted octanol–water partition coefficient (Wildman–Crippen LogP) is 2.02. The normalized spacial score (nSPS) is 9.67. The minimum atomic E-state index is -0.700. The molecule has 0 aliphatic carbocycles. The van der Waals surface area contributed by atoms with Crippen molar-refractivity contribution < 1.29 is 13.5 Å². The van der Waals surface area contributed by atoms with E-state index in [9.17, 15) is 8.78 Å². The summed E-state index contributed by atoms with van der Waals surface area (Å²) in [6.45, 7) is 0. The average Bonchev–Trinajstić information content (AvgIpc) is 2.05. The molecule has 4 heteroatoms. The lowest BCUT2D eigenvalue weighted by Crippen LogP contribution is -1.96. The molecule has 0 bridgehead atoms. The van der Waals surface area contributed by atoms with Crippen molar-refractivity contribution in [3.8, 4) is 5.75 Å². The summed E-state index contributed by atoms with van der Waals surface area (Å²) in [5.41, 5.74) is 0.216. The Hall–Kier alpha value is -1.32. The summed E-state index contributed by atoms with van der Waals surface area (Å²) in [6.07, 6.45) is 0. The fourth-order valence-electron chi connectivity index (χ4n) is 0.877. The Kier molecular flexibility index (Phi) is 2.47. The quantitative estimate of drug-likeness (QED) is 0.738. The molecule has 0 aliphatic heterocycles. The third-order valence-corrected chi connectivity index (χ3v) is 1.51. The molecular formula is C8H9F2NO. The molecular weight excluding hydrogens is 164 g/mol. The van der Waals surface area contributed by atoms with E-state index in [-0.39, 0.29) is 11.4 Å². The second-order valence-corrected chi connectivity index (χ2v) is 2.22. The third kappa shape index (κ3) is 1.47. The van der Waals surface area contributed by atoms with Gasteiger partial charge in [0, 0.05) is 19.2 Å². The van der Waals surface area contributed by atoms with Crippen molar-refractivity contribution in [3.05, 3.63) is 23.8 Å². The van der Waals surface area contributed by atoms with Crippen LogP contribution in [0, 0.1) is 11.6 Å². The van der Waals surface area contributed by atoms with Crippen LogP contribution in [-0.2, 0) is 0 Å². The summed E-state index contributed by atoms with van der Waals surface area (Å²) >= 11 is 0. The first-order valence-corrected chi connectivity index (χ1v) is 3.40. The molecule has 66 valence electrons. The molecule has 0 aliphatic rings. The van der Waals surface area contributed by atoms with Gasteiger partial charge in [-0.05, 0) is 0 Å². The van der Waals surface area contributed by atoms with Gasteiger partial charge in [-0.2, -0.15) is 0 Å². The Morgan fingerprint density at radius 1 is 1.25 bits per heavy atom. The molecule has 0 amide bonds. The first kappa shape index (κ1) is 8.77. The Labute approximate surface area is 69.2 Å². The first-order valence-electron chi connectivity index (χ1n) is 3.40. The largest absolute Gasteiger partial charge is 0.494 e. The number of ether oxygens (including phenoxy) is 1. The summed E-state index contributed by atoms with van der Waals surface area (Å²) in [4.78, 5) is 0. The highest BCUT2D eigenvalue weighted by molar-refractivity contribution is 5.49. The van der Waals surface area contributed by atoms with E-state index in [1.807, 2.05) is 0 Å². The van der Waals surface area contributed by atoms with Crippen LogP contribution in [0.15, 0.2) is 12.1 Å². The number of hydrogen-bond acceptors (Lipinski definition) is 2. The van der Waals surface area contributed by atoms with E-state index in [1.54, 1.807) is 7.05 Å². The molecule has 0 spiro atoms. The van der Waals surface area contributed by atoms with Crippen molar-refractivity contribution in [2.75, 3.05) is 19.5 Å². The van der Waals surface area contributed by atoms with Crippen LogP contribution >= 0.6 is 0 Å². The topological polar surface area (TPSA) is 21.3 Å². The summed E-state index contributed by atoms with van der Waals surface area (Å²) in [5, 5.41) is 2.58. The van der Waals surface area contributed by atoms with Crippen molar-refractivity contribution in [1.29, 1.82) is 0 Å². The average molecular weight is 173 g/mol. The fraction of sp³-hybridized carbons (Fsp3) is 0.250. The van der Waals surface area contributed by atoms with Crippen LogP contribution in [0.25, 0.3) is 0 Å². The molecule has 0 saturated carbocycles. The van der Waals surface area contributed by atoms with Crippen molar-refractivity contribution in [3.63, 3.8) is 0 Å². The minimum Gasteiger partial charge on any atom is -0.494 e. The molecule has 0 atom stereocenters. The maximum Gasteiger partial charge on any atom is 0.168 e. The molecule has 12 heavy (non-hydrogen) atoms. The number of anilines is 1. The highest BCUT2D eigenvalue weighted by Gasteiger charge is 2.08. The molecule has 1 N–H and O–H groups in total. The third-order valence-electron chi connectivity index (χ3n) is 1.51. The van der Waals surface area contributed by atoms with Crippen LogP contribution in [0.5, 0.6) is 5.75 Å². The molecule has 0 saturated heterocycles. The smallest absolute Gasteiger partial charge is 0.168 e. The van der Waals surface area contributed by atoms with E-state index >= 15 is 0 Å². The van der Waals surface area contributed by atoms with Crippen LogP contribution < -0.4 is 10.1 Å². The van der Waals surface area contributed by atoms with E-state index in [0.717, 1.165) is 6.07 Å². The van der Waals surface area contributed by atoms with E-state index in [1.165, 1.54) is 13.2 Å². The zero-order valence-corrected chi connectivity index (χ0v) is 6.82. The zero-order valence-electron chi connectivity index (χ0n) is 6.82. The second-order valence-electron chi connectivity index (χ2n) is 2.22. The van der Waals surface area contributed by atoms with E-state index < -0.39 is 11.6 Å². The number of halogens is 2. The van der Waals surface area contributed by atoms with Gasteiger partial charge in [-0.1, -0.05) is 0 Å². The van der Waals surface area contributed by atoms with Gasteiger partial charge in [-0.15, -0.1) is 0 Å². The van der Waals surface area contributed by atoms with Gasteiger partial charge < -0.3 is 10.1 Å². The number of benzene rings is 1. The fourth-order valence-corrected chi connectivity index (χ4v) is 0.877. The first-order chi connectivity index (χ1) is 5.69. The molecule has 1 aromatic rings. The molecule has 2 nitrogen and oxygen atoms in total. The summed E-state index contributed by atoms with van der Waals surface area (Å²) in [6, 6.07) is 2.05. The van der Waals surface area contributed by atoms with Gasteiger partial charge in [0.05, 0.1) is 12.8 Å². The molecule has 1 aromatic carbocycles. The van der Waals surface area contributed by atoms with Gasteiger partial charge in [-0.25, -0.2) is 8.78 Å². The standard InChI is InChI=1S/C8H9F2NO/c1-11-7-4-8(12-2)6(10)3-5(7)9/h3-4,11H,1-2H3. The molecule has 0 fully saturated rings. The minimum absolute atomic E-state index is 0.0285. The van der Waals surface area contributed by atoms with Gasteiger partial charge in [0.2, 0.25) is 0 Å². The number of rotatable bonds is 2. The monoisotopic (exact) mass is 173 g/mol. The van der Waals surface area contributed by atoms with Crippen molar-refractivity contribution in [2.24, 2.45) is 0 Å². The molecule has 0 aromatic heterocycles. The molecule has 1 rings (SSSR count). The number of hydrogen-bond donors (Lipinski definition) is 1. The lowest BCUT2D eigenvalue weighted by molar-refractivity contribution is 0.384. The Morgan fingerprint density at radius 3 is 2.42 bits per heavy atom. The lowest BCUT2D eigenvalue weighted by Gasteiger charge is -2.05. The van der Waals surface area contributed by atoms with Gasteiger partial charge in [0.25, 0.3) is 0 Å². The number of methoxy groups -OCH3 is 1. The molecule has 0 radical (unpaired) electrons. The Balaban J connectivity index is 3.18. The lowest BCUT2D eigenvalue weighted by atomic mass is 10.3. The summed E-state index contributed by atoms with van der Waals surface area (Å²) in [7, 11) is 2.88. The van der Waals surface area contributed by atoms with Gasteiger partial charge in [0.1, 0.15) is 5.82 Å². The second kappa shape index (κ2) is 3.38. The Bertz CT molecular complexity index is 263. The molecule has 0 unspecified atom stereocenters. The van der Waals surface area contributed by atoms with Gasteiger partial charge in [-0.3, -0.25) is 0 Å². The zero-order chi connectivity index (χ0) is 9.14. The Morgan fingerprint density at radius 2 is 1.92 bits per heavy atom. The van der Waals surface area contributed by atoms with E-state index in [0.29, 0.717) is 0 Å². The van der Waals surface area contributed by atoms with Crippen LogP contribution in [0.2, 0.25) is 0 Å². The maximum absolute atomic E-state index is 12.8. The van der Waals surface area contributed by atoms with Crippen LogP contribution in [-0.4, -0.2) is 14.2 Å². The summed E-state index contributed by atoms with van der Waals surface area (Å²) in [5.74, 6) is -1.30. The van der Waals surface area contributed by atoms with Gasteiger partial charge >= 0.3 is 0 Å². The highest BCUT2D eigenvalue weighted by Crippen LogP contribution is 2.24. The van der Waals surface area contributed by atoms with Crippen molar-refractivity contribution in [2.45, 2.75) is 0 Å². The predicted molar refractivity (Wildman–Crippen MR) is 42.5 cm³/mol. The van der Waals surface area contributed by atoms with E-state index in [2.05, 4.69) is 10.1 Å². The van der Waals surface area contributed by atoms with Crippen LogP contribution in [0.3, 0.4) is 0 Å². The van der Waals surface area contributed by atoms with Crippen LogP contribution in [0.1, 0.15) is 0 Å². The van der Waals surface area contributed by atoms with Crippen molar-refractivity contribution in [1.82, 2.24) is 0 Å². The summed E-state index contributed by atoms with van der Waals surface area (Å²) < 4.78 is 30.2. The maximum atomic E-state index is 12.8. The number of nitrogens with one attached hydrogen (secondary N) is 1. The van der Waals surface area contributed by atoms with E-state index in [4.69, 9.17) is 0 Å². The SMILES string of the molecule is CNc1cc(OC)c(F)cc1F. The van der Waals surface area contributed by atoms with Crippen LogP contribution in [0.4, 0.5) is 14.5 Å². The highest BCUT2D eigenvalue weighted by atomic mass is 19.1.